The molecule has 0 aliphatic rings. The lowest BCUT2D eigenvalue weighted by Gasteiger charge is -2.27. The van der Waals surface area contributed by atoms with E-state index in [2.05, 4.69) is 0 Å². The molecule has 0 radical (unpaired) electrons. The third-order valence-corrected chi connectivity index (χ3v) is 3.38. The smallest absolute Gasteiger partial charge is 0.322 e. The van der Waals surface area contributed by atoms with Gasteiger partial charge in [-0.15, -0.1) is 0 Å². The lowest BCUT2D eigenvalue weighted by Crippen LogP contribution is -2.38. The highest BCUT2D eigenvalue weighted by Gasteiger charge is 2.39. The van der Waals surface area contributed by atoms with Crippen molar-refractivity contribution < 1.29 is 14.3 Å². The number of carbonyl (C=O) groups excluding carboxylic acids is 2. The van der Waals surface area contributed by atoms with Gasteiger partial charge in [-0.2, -0.15) is 0 Å². The normalized spacial score (nSPS) is 12.5. The van der Waals surface area contributed by atoms with Gasteiger partial charge in [0.25, 0.3) is 0 Å². The Morgan fingerprint density at radius 3 is 1.86 bits per heavy atom. The second-order valence-corrected chi connectivity index (χ2v) is 6.26. The summed E-state index contributed by atoms with van der Waals surface area (Å²) in [5, 5.41) is 0. The first-order valence-electron chi connectivity index (χ1n) is 7.25. The number of benzene rings is 2. The summed E-state index contributed by atoms with van der Waals surface area (Å²) >= 11 is 0. The Morgan fingerprint density at radius 1 is 0.864 bits per heavy atom. The van der Waals surface area contributed by atoms with Crippen molar-refractivity contribution in [3.05, 3.63) is 66.2 Å². The number of rotatable bonds is 4. The molecule has 114 valence electrons. The van der Waals surface area contributed by atoms with Crippen LogP contribution in [-0.4, -0.2) is 11.8 Å². The first kappa shape index (κ1) is 16.0. The van der Waals surface area contributed by atoms with Crippen molar-refractivity contribution in [2.45, 2.75) is 20.8 Å². The highest BCUT2D eigenvalue weighted by Crippen LogP contribution is 2.30. The highest BCUT2D eigenvalue weighted by molar-refractivity contribution is 6.09. The van der Waals surface area contributed by atoms with E-state index in [-0.39, 0.29) is 5.78 Å². The van der Waals surface area contributed by atoms with Crippen LogP contribution in [0, 0.1) is 11.3 Å². The number of para-hydroxylation sites is 1. The van der Waals surface area contributed by atoms with Crippen LogP contribution in [-0.2, 0) is 4.79 Å². The van der Waals surface area contributed by atoms with E-state index in [1.807, 2.05) is 32.9 Å². The van der Waals surface area contributed by atoms with Crippen molar-refractivity contribution in [3.8, 4) is 5.75 Å². The standard InChI is InChI=1S/C19H20O3/c1-19(2,3)16(17(20)14-10-6-4-7-11-14)18(21)22-15-12-8-5-9-13-15/h4-13,16H,1-3H3. The average Bonchev–Trinajstić information content (AvgIpc) is 2.47. The fourth-order valence-corrected chi connectivity index (χ4v) is 2.29. The van der Waals surface area contributed by atoms with Gasteiger partial charge in [0.05, 0.1) is 0 Å². The first-order chi connectivity index (χ1) is 10.4. The molecular weight excluding hydrogens is 276 g/mol. The zero-order valence-corrected chi connectivity index (χ0v) is 13.1. The highest BCUT2D eigenvalue weighted by atomic mass is 16.5. The lowest BCUT2D eigenvalue weighted by molar-refractivity contribution is -0.140. The van der Waals surface area contributed by atoms with E-state index < -0.39 is 17.3 Å². The Hall–Kier alpha value is -2.42. The molecule has 2 aromatic carbocycles. The van der Waals surface area contributed by atoms with Gasteiger partial charge in [0, 0.05) is 5.56 Å². The number of esters is 1. The van der Waals surface area contributed by atoms with Gasteiger partial charge in [0.15, 0.2) is 5.78 Å². The minimum Gasteiger partial charge on any atom is -0.426 e. The van der Waals surface area contributed by atoms with Crippen molar-refractivity contribution in [2.75, 3.05) is 0 Å². The van der Waals surface area contributed by atoms with Gasteiger partial charge in [0.2, 0.25) is 0 Å². The van der Waals surface area contributed by atoms with E-state index >= 15 is 0 Å². The summed E-state index contributed by atoms with van der Waals surface area (Å²) in [6.45, 7) is 5.60. The number of carbonyl (C=O) groups is 2. The number of hydrogen-bond donors (Lipinski definition) is 0. The molecule has 1 unspecified atom stereocenters. The molecule has 2 rings (SSSR count). The van der Waals surface area contributed by atoms with Crippen LogP contribution in [0.5, 0.6) is 5.75 Å². The zero-order chi connectivity index (χ0) is 16.2. The average molecular weight is 296 g/mol. The predicted molar refractivity (Wildman–Crippen MR) is 85.8 cm³/mol. The van der Waals surface area contributed by atoms with Crippen LogP contribution in [0.25, 0.3) is 0 Å². The quantitative estimate of drug-likeness (QED) is 0.368. The summed E-state index contributed by atoms with van der Waals surface area (Å²) in [5.41, 5.74) is -0.00821. The largest absolute Gasteiger partial charge is 0.426 e. The maximum Gasteiger partial charge on any atom is 0.322 e. The van der Waals surface area contributed by atoms with Crippen LogP contribution in [0.15, 0.2) is 60.7 Å². The molecule has 0 aromatic heterocycles. The van der Waals surface area contributed by atoms with E-state index in [1.165, 1.54) is 0 Å². The molecule has 0 amide bonds. The molecule has 0 fully saturated rings. The van der Waals surface area contributed by atoms with Gasteiger partial charge < -0.3 is 4.74 Å². The topological polar surface area (TPSA) is 43.4 Å². The fraction of sp³-hybridized carbons (Fsp3) is 0.263. The summed E-state index contributed by atoms with van der Waals surface area (Å²) in [7, 11) is 0. The van der Waals surface area contributed by atoms with Crippen molar-refractivity contribution >= 4 is 11.8 Å². The summed E-state index contributed by atoms with van der Waals surface area (Å²) < 4.78 is 5.39. The minimum absolute atomic E-state index is 0.214. The Balaban J connectivity index is 2.27. The van der Waals surface area contributed by atoms with Gasteiger partial charge in [-0.1, -0.05) is 69.3 Å². The molecule has 0 N–H and O–H groups in total. The molecule has 0 aliphatic carbocycles. The van der Waals surface area contributed by atoms with Gasteiger partial charge in [-0.3, -0.25) is 9.59 Å². The van der Waals surface area contributed by atoms with Gasteiger partial charge in [-0.25, -0.2) is 0 Å². The molecular formula is C19H20O3. The zero-order valence-electron chi connectivity index (χ0n) is 13.1. The van der Waals surface area contributed by atoms with E-state index in [9.17, 15) is 9.59 Å². The van der Waals surface area contributed by atoms with Crippen LogP contribution in [0.1, 0.15) is 31.1 Å². The monoisotopic (exact) mass is 296 g/mol. The molecule has 0 saturated carbocycles. The number of ketones is 1. The molecule has 0 bridgehead atoms. The summed E-state index contributed by atoms with van der Waals surface area (Å²) in [6, 6.07) is 17.7. The lowest BCUT2D eigenvalue weighted by atomic mass is 9.76. The summed E-state index contributed by atoms with van der Waals surface area (Å²) in [6.07, 6.45) is 0. The number of hydrogen-bond acceptors (Lipinski definition) is 3. The van der Waals surface area contributed by atoms with Gasteiger partial charge in [-0.05, 0) is 17.5 Å². The minimum atomic E-state index is -0.852. The SMILES string of the molecule is CC(C)(C)C(C(=O)Oc1ccccc1)C(=O)c1ccccc1. The molecule has 2 aromatic rings. The molecule has 22 heavy (non-hydrogen) atoms. The first-order valence-corrected chi connectivity index (χ1v) is 7.25. The Bertz CT molecular complexity index is 639. The van der Waals surface area contributed by atoms with Crippen molar-refractivity contribution in [3.63, 3.8) is 0 Å². The van der Waals surface area contributed by atoms with Crippen molar-refractivity contribution in [2.24, 2.45) is 11.3 Å². The maximum absolute atomic E-state index is 12.7. The summed E-state index contributed by atoms with van der Waals surface area (Å²) in [5.74, 6) is -1.14. The maximum atomic E-state index is 12.7. The third-order valence-electron chi connectivity index (χ3n) is 3.38. The van der Waals surface area contributed by atoms with Gasteiger partial charge >= 0.3 is 5.97 Å². The fourth-order valence-electron chi connectivity index (χ4n) is 2.29. The molecule has 1 atom stereocenters. The third kappa shape index (κ3) is 3.82. The summed E-state index contributed by atoms with van der Waals surface area (Å²) in [4.78, 5) is 25.3. The second-order valence-electron chi connectivity index (χ2n) is 6.26. The van der Waals surface area contributed by atoms with E-state index in [4.69, 9.17) is 4.74 Å². The van der Waals surface area contributed by atoms with Crippen molar-refractivity contribution in [1.82, 2.24) is 0 Å². The molecule has 3 heteroatoms. The van der Waals surface area contributed by atoms with Crippen LogP contribution < -0.4 is 4.74 Å². The van der Waals surface area contributed by atoms with Crippen LogP contribution in [0.4, 0.5) is 0 Å². The van der Waals surface area contributed by atoms with E-state index in [1.54, 1.807) is 48.5 Å². The molecule has 0 aliphatic heterocycles. The Labute approximate surface area is 130 Å². The second kappa shape index (κ2) is 6.56. The van der Waals surface area contributed by atoms with Crippen LogP contribution in [0.3, 0.4) is 0 Å². The van der Waals surface area contributed by atoms with E-state index in [0.29, 0.717) is 11.3 Å². The molecule has 0 spiro atoms. The molecule has 0 heterocycles. The molecule has 3 nitrogen and oxygen atoms in total. The number of Topliss-reactive ketones (excluding diaryl/α,β-unsaturated/α-hetero) is 1. The van der Waals surface area contributed by atoms with Crippen LogP contribution in [0.2, 0.25) is 0 Å². The Kier molecular flexibility index (Phi) is 4.76. The predicted octanol–water partition coefficient (Wildman–Crippen LogP) is 4.14. The van der Waals surface area contributed by atoms with Gasteiger partial charge in [0.1, 0.15) is 11.7 Å². The number of ether oxygens (including phenoxy) is 1. The van der Waals surface area contributed by atoms with E-state index in [0.717, 1.165) is 0 Å². The van der Waals surface area contributed by atoms with Crippen LogP contribution >= 0.6 is 0 Å². The van der Waals surface area contributed by atoms with Crippen molar-refractivity contribution in [1.29, 1.82) is 0 Å². The molecule has 0 saturated heterocycles. The Morgan fingerprint density at radius 2 is 1.36 bits per heavy atom.